The fourth-order valence-electron chi connectivity index (χ4n) is 3.23. The lowest BCUT2D eigenvalue weighted by Crippen LogP contribution is -2.16. The standard InChI is InChI=1S/C24H29FN4O2S/c1-15(2)18-9-11-21(12-10-18)31-17(5)23-27-28-24(29(23)16(3)4)32-14-22(30)26-20-8-6-7-19(25)13-20/h6-13,15-17H,14H2,1-5H3,(H,26,30). The van der Waals surface area contributed by atoms with Crippen LogP contribution in [-0.2, 0) is 4.79 Å². The summed E-state index contributed by atoms with van der Waals surface area (Å²) in [6.45, 7) is 10.3. The van der Waals surface area contributed by atoms with Gasteiger partial charge < -0.3 is 14.6 Å². The van der Waals surface area contributed by atoms with Crippen LogP contribution in [0.15, 0.2) is 53.7 Å². The highest BCUT2D eigenvalue weighted by atomic mass is 32.2. The van der Waals surface area contributed by atoms with E-state index in [4.69, 9.17) is 4.74 Å². The normalized spacial score (nSPS) is 12.2. The molecular formula is C24H29FN4O2S. The van der Waals surface area contributed by atoms with Gasteiger partial charge in [0, 0.05) is 11.7 Å². The van der Waals surface area contributed by atoms with Gasteiger partial charge in [-0.15, -0.1) is 10.2 Å². The fraction of sp³-hybridized carbons (Fsp3) is 0.375. The van der Waals surface area contributed by atoms with Gasteiger partial charge in [0.05, 0.1) is 5.75 Å². The Kier molecular flexibility index (Phi) is 7.90. The van der Waals surface area contributed by atoms with E-state index in [2.05, 4.69) is 41.5 Å². The van der Waals surface area contributed by atoms with E-state index < -0.39 is 5.82 Å². The second-order valence-electron chi connectivity index (χ2n) is 8.14. The summed E-state index contributed by atoms with van der Waals surface area (Å²) in [5.41, 5.74) is 1.68. The highest BCUT2D eigenvalue weighted by Crippen LogP contribution is 2.28. The Bertz CT molecular complexity index is 1050. The predicted molar refractivity (Wildman–Crippen MR) is 126 cm³/mol. The third kappa shape index (κ3) is 6.09. The number of aromatic nitrogens is 3. The predicted octanol–water partition coefficient (Wildman–Crippen LogP) is 5.99. The molecule has 8 heteroatoms. The monoisotopic (exact) mass is 456 g/mol. The molecule has 0 aliphatic heterocycles. The van der Waals surface area contributed by atoms with E-state index in [1.165, 1.54) is 29.5 Å². The second-order valence-corrected chi connectivity index (χ2v) is 9.08. The summed E-state index contributed by atoms with van der Waals surface area (Å²) in [7, 11) is 0. The molecule has 32 heavy (non-hydrogen) atoms. The Morgan fingerprint density at radius 2 is 1.81 bits per heavy atom. The lowest BCUT2D eigenvalue weighted by Gasteiger charge is -2.19. The number of ether oxygens (including phenoxy) is 1. The largest absolute Gasteiger partial charge is 0.483 e. The summed E-state index contributed by atoms with van der Waals surface area (Å²) >= 11 is 1.28. The summed E-state index contributed by atoms with van der Waals surface area (Å²) in [5.74, 6) is 1.42. The quantitative estimate of drug-likeness (QED) is 0.400. The van der Waals surface area contributed by atoms with Gasteiger partial charge in [0.15, 0.2) is 17.1 Å². The molecule has 0 saturated carbocycles. The highest BCUT2D eigenvalue weighted by Gasteiger charge is 2.22. The zero-order chi connectivity index (χ0) is 23.3. The SMILES string of the molecule is CC(C)c1ccc(OC(C)c2nnc(SCC(=O)Nc3cccc(F)c3)n2C(C)C)cc1. The van der Waals surface area contributed by atoms with Gasteiger partial charge in [-0.2, -0.15) is 0 Å². The molecule has 0 aliphatic carbocycles. The molecule has 2 aromatic carbocycles. The molecule has 1 amide bonds. The Balaban J connectivity index is 1.67. The first kappa shape index (κ1) is 23.8. The van der Waals surface area contributed by atoms with Crippen LogP contribution in [0.5, 0.6) is 5.75 Å². The Labute approximate surface area is 192 Å². The van der Waals surface area contributed by atoms with Crippen molar-refractivity contribution in [2.75, 3.05) is 11.1 Å². The van der Waals surface area contributed by atoms with Gasteiger partial charge in [0.2, 0.25) is 5.91 Å². The number of benzene rings is 2. The third-order valence-corrected chi connectivity index (χ3v) is 5.81. The minimum absolute atomic E-state index is 0.0862. The number of thioether (sulfide) groups is 1. The molecule has 0 fully saturated rings. The number of halogens is 1. The maximum absolute atomic E-state index is 13.3. The summed E-state index contributed by atoms with van der Waals surface area (Å²) in [6.07, 6.45) is -0.315. The number of amides is 1. The van der Waals surface area contributed by atoms with Crippen LogP contribution < -0.4 is 10.1 Å². The lowest BCUT2D eigenvalue weighted by molar-refractivity contribution is -0.113. The smallest absolute Gasteiger partial charge is 0.234 e. The van der Waals surface area contributed by atoms with Gasteiger partial charge in [-0.25, -0.2) is 4.39 Å². The summed E-state index contributed by atoms with van der Waals surface area (Å²) in [6, 6.07) is 14.0. The molecule has 3 aromatic rings. The highest BCUT2D eigenvalue weighted by molar-refractivity contribution is 7.99. The zero-order valence-corrected chi connectivity index (χ0v) is 19.8. The number of anilines is 1. The van der Waals surface area contributed by atoms with Crippen molar-refractivity contribution in [2.45, 2.75) is 57.8 Å². The molecule has 3 rings (SSSR count). The minimum atomic E-state index is -0.396. The van der Waals surface area contributed by atoms with Gasteiger partial charge in [0.25, 0.3) is 0 Å². The minimum Gasteiger partial charge on any atom is -0.483 e. The van der Waals surface area contributed by atoms with Gasteiger partial charge in [-0.3, -0.25) is 4.79 Å². The van der Waals surface area contributed by atoms with Crippen molar-refractivity contribution in [2.24, 2.45) is 0 Å². The molecule has 1 N–H and O–H groups in total. The maximum atomic E-state index is 13.3. The number of rotatable bonds is 9. The zero-order valence-electron chi connectivity index (χ0n) is 19.0. The fourth-order valence-corrected chi connectivity index (χ4v) is 4.11. The topological polar surface area (TPSA) is 69.0 Å². The van der Waals surface area contributed by atoms with E-state index in [1.54, 1.807) is 12.1 Å². The van der Waals surface area contributed by atoms with Crippen molar-refractivity contribution >= 4 is 23.4 Å². The molecule has 0 aliphatic rings. The molecule has 0 spiro atoms. The first-order chi connectivity index (χ1) is 15.2. The van der Waals surface area contributed by atoms with E-state index >= 15 is 0 Å². The van der Waals surface area contributed by atoms with E-state index in [0.717, 1.165) is 5.75 Å². The van der Waals surface area contributed by atoms with E-state index in [0.29, 0.717) is 22.6 Å². The third-order valence-electron chi connectivity index (χ3n) is 4.87. The molecular weight excluding hydrogens is 427 g/mol. The van der Waals surface area contributed by atoms with Crippen LogP contribution in [0.2, 0.25) is 0 Å². The van der Waals surface area contributed by atoms with Crippen molar-refractivity contribution in [3.05, 3.63) is 65.7 Å². The van der Waals surface area contributed by atoms with Crippen molar-refractivity contribution < 1.29 is 13.9 Å². The Hall–Kier alpha value is -2.87. The van der Waals surface area contributed by atoms with E-state index in [1.807, 2.05) is 37.5 Å². The number of carbonyl (C=O) groups excluding carboxylic acids is 1. The summed E-state index contributed by atoms with van der Waals surface area (Å²) < 4.78 is 21.4. The van der Waals surface area contributed by atoms with Crippen LogP contribution in [0.1, 0.15) is 64.1 Å². The lowest BCUT2D eigenvalue weighted by atomic mass is 10.0. The van der Waals surface area contributed by atoms with Crippen LogP contribution in [0.25, 0.3) is 0 Å². The number of carbonyl (C=O) groups is 1. The van der Waals surface area contributed by atoms with E-state index in [9.17, 15) is 9.18 Å². The average Bonchev–Trinajstić information content (AvgIpc) is 3.17. The van der Waals surface area contributed by atoms with E-state index in [-0.39, 0.29) is 23.8 Å². The van der Waals surface area contributed by atoms with Crippen molar-refractivity contribution in [3.8, 4) is 5.75 Å². The molecule has 0 bridgehead atoms. The van der Waals surface area contributed by atoms with Gasteiger partial charge in [-0.1, -0.05) is 43.8 Å². The van der Waals surface area contributed by atoms with Gasteiger partial charge in [0.1, 0.15) is 11.6 Å². The van der Waals surface area contributed by atoms with Crippen LogP contribution in [0, 0.1) is 5.82 Å². The first-order valence-electron chi connectivity index (χ1n) is 10.6. The molecule has 0 saturated heterocycles. The van der Waals surface area contributed by atoms with Crippen LogP contribution >= 0.6 is 11.8 Å². The molecule has 0 radical (unpaired) electrons. The number of hydrogen-bond donors (Lipinski definition) is 1. The number of hydrogen-bond acceptors (Lipinski definition) is 5. The molecule has 1 aromatic heterocycles. The maximum Gasteiger partial charge on any atom is 0.234 e. The summed E-state index contributed by atoms with van der Waals surface area (Å²) in [4.78, 5) is 12.3. The average molecular weight is 457 g/mol. The number of nitrogens with zero attached hydrogens (tertiary/aromatic N) is 3. The van der Waals surface area contributed by atoms with Crippen LogP contribution in [0.4, 0.5) is 10.1 Å². The van der Waals surface area contributed by atoms with Gasteiger partial charge in [-0.05, 0) is 62.6 Å². The first-order valence-corrected chi connectivity index (χ1v) is 11.6. The number of nitrogens with one attached hydrogen (secondary N) is 1. The van der Waals surface area contributed by atoms with Crippen molar-refractivity contribution in [1.82, 2.24) is 14.8 Å². The molecule has 1 heterocycles. The molecule has 1 unspecified atom stereocenters. The molecule has 170 valence electrons. The van der Waals surface area contributed by atoms with Gasteiger partial charge >= 0.3 is 0 Å². The molecule has 6 nitrogen and oxygen atoms in total. The Morgan fingerprint density at radius 1 is 1.09 bits per heavy atom. The van der Waals surface area contributed by atoms with Crippen LogP contribution in [-0.4, -0.2) is 26.4 Å². The van der Waals surface area contributed by atoms with Crippen LogP contribution in [0.3, 0.4) is 0 Å². The Morgan fingerprint density at radius 3 is 2.44 bits per heavy atom. The second kappa shape index (κ2) is 10.6. The van der Waals surface area contributed by atoms with Crippen molar-refractivity contribution in [1.29, 1.82) is 0 Å². The molecule has 1 atom stereocenters. The summed E-state index contributed by atoms with van der Waals surface area (Å²) in [5, 5.41) is 12.0. The van der Waals surface area contributed by atoms with Crippen molar-refractivity contribution in [3.63, 3.8) is 0 Å².